The van der Waals surface area contributed by atoms with Gasteiger partial charge in [-0.3, -0.25) is 4.79 Å². The molecule has 0 heterocycles. The molecule has 122 valence electrons. The van der Waals surface area contributed by atoms with Crippen LogP contribution in [-0.4, -0.2) is 5.24 Å². The van der Waals surface area contributed by atoms with Gasteiger partial charge in [-0.15, -0.1) is 0 Å². The van der Waals surface area contributed by atoms with Gasteiger partial charge in [-0.1, -0.05) is 70.4 Å². The Hall–Kier alpha value is -0.820. The molecule has 0 aliphatic heterocycles. The van der Waals surface area contributed by atoms with Crippen LogP contribution in [0.15, 0.2) is 24.3 Å². The van der Waals surface area contributed by atoms with Gasteiger partial charge in [-0.05, 0) is 54.0 Å². The monoisotopic (exact) mass is 320 g/mol. The second-order valence-electron chi connectivity index (χ2n) is 6.89. The Bertz CT molecular complexity index is 443. The molecule has 2 rings (SSSR count). The molecule has 0 amide bonds. The summed E-state index contributed by atoms with van der Waals surface area (Å²) in [7, 11) is 0. The largest absolute Gasteiger partial charge is 0.276 e. The molecule has 1 aromatic rings. The van der Waals surface area contributed by atoms with Crippen LogP contribution in [0.2, 0.25) is 0 Å². The zero-order chi connectivity index (χ0) is 15.8. The van der Waals surface area contributed by atoms with Crippen molar-refractivity contribution in [2.45, 2.75) is 71.1 Å². The van der Waals surface area contributed by atoms with Crippen LogP contribution in [-0.2, 0) is 6.42 Å². The SMILES string of the molecule is CCCCCC1CCC(CCc2ccc(C(=O)Cl)cc2)CC1. The molecular weight excluding hydrogens is 292 g/mol. The average Bonchev–Trinajstić information content (AvgIpc) is 2.55. The minimum Gasteiger partial charge on any atom is -0.276 e. The summed E-state index contributed by atoms with van der Waals surface area (Å²) in [4.78, 5) is 11.1. The molecular formula is C20H29ClO. The molecule has 1 fully saturated rings. The highest BCUT2D eigenvalue weighted by atomic mass is 35.5. The van der Waals surface area contributed by atoms with Gasteiger partial charge < -0.3 is 0 Å². The lowest BCUT2D eigenvalue weighted by Gasteiger charge is -2.28. The number of benzene rings is 1. The minimum absolute atomic E-state index is 0.368. The van der Waals surface area contributed by atoms with Crippen LogP contribution < -0.4 is 0 Å². The fourth-order valence-electron chi connectivity index (χ4n) is 3.67. The first-order valence-electron chi connectivity index (χ1n) is 8.97. The highest BCUT2D eigenvalue weighted by Crippen LogP contribution is 2.34. The molecule has 1 aliphatic rings. The lowest BCUT2D eigenvalue weighted by atomic mass is 9.78. The maximum atomic E-state index is 11.1. The van der Waals surface area contributed by atoms with Crippen molar-refractivity contribution in [3.63, 3.8) is 0 Å². The lowest BCUT2D eigenvalue weighted by molar-refractivity contribution is 0.108. The van der Waals surface area contributed by atoms with Gasteiger partial charge in [0.05, 0.1) is 0 Å². The standard InChI is InChI=1S/C20H29ClO/c1-2-3-4-5-16-6-8-17(9-7-16)10-11-18-12-14-19(15-13-18)20(21)22/h12-17H,2-11H2,1H3. The Kier molecular flexibility index (Phi) is 7.45. The number of halogens is 1. The Balaban J connectivity index is 1.67. The van der Waals surface area contributed by atoms with Crippen LogP contribution in [0, 0.1) is 11.8 Å². The summed E-state index contributed by atoms with van der Waals surface area (Å²) in [5.41, 5.74) is 1.92. The second-order valence-corrected chi connectivity index (χ2v) is 7.24. The normalized spacial score (nSPS) is 21.7. The van der Waals surface area contributed by atoms with Gasteiger partial charge >= 0.3 is 0 Å². The first-order valence-corrected chi connectivity index (χ1v) is 9.35. The summed E-state index contributed by atoms with van der Waals surface area (Å²) in [6.45, 7) is 2.28. The molecule has 0 bridgehead atoms. The predicted molar refractivity (Wildman–Crippen MR) is 94.5 cm³/mol. The number of carbonyl (C=O) groups is 1. The van der Waals surface area contributed by atoms with Gasteiger partial charge in [0.2, 0.25) is 0 Å². The maximum Gasteiger partial charge on any atom is 0.252 e. The number of unbranched alkanes of at least 4 members (excludes halogenated alkanes) is 2. The number of aryl methyl sites for hydroxylation is 1. The van der Waals surface area contributed by atoms with E-state index in [1.807, 2.05) is 24.3 Å². The van der Waals surface area contributed by atoms with Crippen LogP contribution in [0.4, 0.5) is 0 Å². The zero-order valence-corrected chi connectivity index (χ0v) is 14.6. The van der Waals surface area contributed by atoms with E-state index in [1.54, 1.807) is 0 Å². The fraction of sp³-hybridized carbons (Fsp3) is 0.650. The van der Waals surface area contributed by atoms with E-state index in [4.69, 9.17) is 11.6 Å². The molecule has 0 unspecified atom stereocenters. The predicted octanol–water partition coefficient (Wildman–Crippen LogP) is 6.38. The third-order valence-corrected chi connectivity index (χ3v) is 5.42. The van der Waals surface area contributed by atoms with Gasteiger partial charge in [0.25, 0.3) is 5.24 Å². The lowest BCUT2D eigenvalue weighted by Crippen LogP contribution is -2.15. The van der Waals surface area contributed by atoms with Crippen LogP contribution in [0.3, 0.4) is 0 Å². The Labute approximate surface area is 140 Å². The summed E-state index contributed by atoms with van der Waals surface area (Å²) in [5.74, 6) is 1.90. The van der Waals surface area contributed by atoms with E-state index < -0.39 is 0 Å². The summed E-state index contributed by atoms with van der Waals surface area (Å²) >= 11 is 5.47. The van der Waals surface area contributed by atoms with Gasteiger partial charge in [0.15, 0.2) is 0 Å². The van der Waals surface area contributed by atoms with Gasteiger partial charge in [0.1, 0.15) is 0 Å². The van der Waals surface area contributed by atoms with E-state index in [-0.39, 0.29) is 5.24 Å². The van der Waals surface area contributed by atoms with E-state index in [0.717, 1.165) is 18.3 Å². The highest BCUT2D eigenvalue weighted by molar-refractivity contribution is 6.67. The van der Waals surface area contributed by atoms with Crippen molar-refractivity contribution in [2.75, 3.05) is 0 Å². The van der Waals surface area contributed by atoms with Crippen LogP contribution in [0.1, 0.15) is 80.6 Å². The summed E-state index contributed by atoms with van der Waals surface area (Å²) in [5, 5.41) is -0.368. The van der Waals surface area contributed by atoms with E-state index in [2.05, 4.69) is 6.92 Å². The average molecular weight is 321 g/mol. The molecule has 0 N–H and O–H groups in total. The van der Waals surface area contributed by atoms with Crippen LogP contribution in [0.5, 0.6) is 0 Å². The quantitative estimate of drug-likeness (QED) is 0.401. The minimum atomic E-state index is -0.368. The third-order valence-electron chi connectivity index (χ3n) is 5.20. The van der Waals surface area contributed by atoms with E-state index in [9.17, 15) is 4.79 Å². The molecule has 0 radical (unpaired) electrons. The van der Waals surface area contributed by atoms with Crippen molar-refractivity contribution in [1.82, 2.24) is 0 Å². The van der Waals surface area contributed by atoms with Gasteiger partial charge in [0, 0.05) is 5.56 Å². The molecule has 1 nitrogen and oxygen atoms in total. The molecule has 1 saturated carbocycles. The third kappa shape index (κ3) is 5.76. The molecule has 0 atom stereocenters. The van der Waals surface area contributed by atoms with E-state index >= 15 is 0 Å². The molecule has 1 aliphatic carbocycles. The van der Waals surface area contributed by atoms with Gasteiger partial charge in [-0.2, -0.15) is 0 Å². The first-order chi connectivity index (χ1) is 10.7. The topological polar surface area (TPSA) is 17.1 Å². The first kappa shape index (κ1) is 17.5. The van der Waals surface area contributed by atoms with Crippen LogP contribution in [0.25, 0.3) is 0 Å². The van der Waals surface area contributed by atoms with E-state index in [0.29, 0.717) is 5.56 Å². The van der Waals surface area contributed by atoms with E-state index in [1.165, 1.54) is 63.4 Å². The summed E-state index contributed by atoms with van der Waals surface area (Å²) in [6, 6.07) is 7.78. The molecule has 0 saturated heterocycles. The zero-order valence-electron chi connectivity index (χ0n) is 13.8. The van der Waals surface area contributed by atoms with Crippen molar-refractivity contribution >= 4 is 16.8 Å². The highest BCUT2D eigenvalue weighted by Gasteiger charge is 2.20. The van der Waals surface area contributed by atoms with Crippen LogP contribution >= 0.6 is 11.6 Å². The smallest absolute Gasteiger partial charge is 0.252 e. The Morgan fingerprint density at radius 3 is 2.14 bits per heavy atom. The maximum absolute atomic E-state index is 11.1. The van der Waals surface area contributed by atoms with Crippen molar-refractivity contribution in [2.24, 2.45) is 11.8 Å². The summed E-state index contributed by atoms with van der Waals surface area (Å²) < 4.78 is 0. The van der Waals surface area contributed by atoms with Crippen molar-refractivity contribution in [1.29, 1.82) is 0 Å². The van der Waals surface area contributed by atoms with Crippen molar-refractivity contribution < 1.29 is 4.79 Å². The Morgan fingerprint density at radius 2 is 1.59 bits per heavy atom. The number of hydrogen-bond acceptors (Lipinski definition) is 1. The van der Waals surface area contributed by atoms with Crippen molar-refractivity contribution in [3.8, 4) is 0 Å². The molecule has 2 heteroatoms. The molecule has 22 heavy (non-hydrogen) atoms. The second kappa shape index (κ2) is 9.35. The number of rotatable bonds is 8. The number of carbonyl (C=O) groups excluding carboxylic acids is 1. The molecule has 1 aromatic carbocycles. The Morgan fingerprint density at radius 1 is 1.00 bits per heavy atom. The fourth-order valence-corrected chi connectivity index (χ4v) is 3.79. The van der Waals surface area contributed by atoms with Gasteiger partial charge in [-0.25, -0.2) is 0 Å². The molecule has 0 spiro atoms. The summed E-state index contributed by atoms with van der Waals surface area (Å²) in [6.07, 6.45) is 13.7. The number of hydrogen-bond donors (Lipinski definition) is 0. The van der Waals surface area contributed by atoms with Crippen molar-refractivity contribution in [3.05, 3.63) is 35.4 Å². The molecule has 0 aromatic heterocycles.